The van der Waals surface area contributed by atoms with Gasteiger partial charge in [-0.2, -0.15) is 0 Å². The third kappa shape index (κ3) is 4.17. The van der Waals surface area contributed by atoms with E-state index in [4.69, 9.17) is 0 Å². The van der Waals surface area contributed by atoms with Gasteiger partial charge in [0.1, 0.15) is 0 Å². The number of hydrogen-bond acceptors (Lipinski definition) is 3. The summed E-state index contributed by atoms with van der Waals surface area (Å²) >= 11 is 0. The summed E-state index contributed by atoms with van der Waals surface area (Å²) in [7, 11) is 2.11. The van der Waals surface area contributed by atoms with Crippen molar-refractivity contribution < 1.29 is 5.11 Å². The maximum Gasteiger partial charge on any atom is 0.0558 e. The summed E-state index contributed by atoms with van der Waals surface area (Å²) in [4.78, 5) is 2.54. The van der Waals surface area contributed by atoms with Crippen molar-refractivity contribution in [1.82, 2.24) is 10.2 Å². The van der Waals surface area contributed by atoms with Gasteiger partial charge in [0.05, 0.1) is 6.61 Å². The molecule has 0 bridgehead atoms. The van der Waals surface area contributed by atoms with Crippen molar-refractivity contribution in [2.24, 2.45) is 17.8 Å². The maximum atomic E-state index is 9.25. The second kappa shape index (κ2) is 7.05. The smallest absolute Gasteiger partial charge is 0.0558 e. The van der Waals surface area contributed by atoms with Crippen molar-refractivity contribution in [3.63, 3.8) is 0 Å². The van der Waals surface area contributed by atoms with E-state index in [9.17, 15) is 5.11 Å². The van der Waals surface area contributed by atoms with E-state index >= 15 is 0 Å². The number of aliphatic hydroxyl groups is 1. The summed E-state index contributed by atoms with van der Waals surface area (Å²) in [6, 6.07) is 1.44. The molecule has 0 aromatic heterocycles. The Bertz CT molecular complexity index is 265. The van der Waals surface area contributed by atoms with Crippen LogP contribution in [0.5, 0.6) is 0 Å². The van der Waals surface area contributed by atoms with Crippen LogP contribution in [0.2, 0.25) is 0 Å². The first-order chi connectivity index (χ1) is 9.15. The van der Waals surface area contributed by atoms with Gasteiger partial charge in [-0.05, 0) is 56.9 Å². The van der Waals surface area contributed by atoms with Gasteiger partial charge >= 0.3 is 0 Å². The molecular weight excluding hydrogens is 236 g/mol. The zero-order valence-corrected chi connectivity index (χ0v) is 12.9. The Labute approximate surface area is 118 Å². The van der Waals surface area contributed by atoms with E-state index in [0.717, 1.165) is 30.3 Å². The Balaban J connectivity index is 1.92. The Hall–Kier alpha value is -0.120. The number of nitrogens with zero attached hydrogens (tertiary/aromatic N) is 1. The van der Waals surface area contributed by atoms with Crippen LogP contribution in [0.15, 0.2) is 0 Å². The first-order valence-electron chi connectivity index (χ1n) is 8.17. The van der Waals surface area contributed by atoms with E-state index in [1.165, 1.54) is 38.6 Å². The number of hydrogen-bond donors (Lipinski definition) is 2. The van der Waals surface area contributed by atoms with Gasteiger partial charge in [-0.25, -0.2) is 0 Å². The molecule has 2 saturated carbocycles. The predicted octanol–water partition coefficient (Wildman–Crippen LogP) is 2.10. The average Bonchev–Trinajstić information content (AvgIpc) is 3.22. The lowest BCUT2D eigenvalue weighted by molar-refractivity contribution is 0.107. The minimum Gasteiger partial charge on any atom is -0.395 e. The molecule has 0 spiro atoms. The van der Waals surface area contributed by atoms with Gasteiger partial charge in [0, 0.05) is 25.2 Å². The van der Waals surface area contributed by atoms with E-state index in [1.54, 1.807) is 0 Å². The molecule has 3 nitrogen and oxygen atoms in total. The summed E-state index contributed by atoms with van der Waals surface area (Å²) < 4.78 is 0. The highest BCUT2D eigenvalue weighted by atomic mass is 16.3. The molecule has 2 aliphatic carbocycles. The van der Waals surface area contributed by atoms with Crippen LogP contribution in [0, 0.1) is 17.8 Å². The van der Waals surface area contributed by atoms with E-state index in [2.05, 4.69) is 31.1 Å². The van der Waals surface area contributed by atoms with Crippen LogP contribution in [0.3, 0.4) is 0 Å². The van der Waals surface area contributed by atoms with Gasteiger partial charge in [0.15, 0.2) is 0 Å². The number of aliphatic hydroxyl groups excluding tert-OH is 1. The van der Waals surface area contributed by atoms with Gasteiger partial charge in [-0.15, -0.1) is 0 Å². The quantitative estimate of drug-likeness (QED) is 0.742. The first kappa shape index (κ1) is 15.3. The Morgan fingerprint density at radius 3 is 2.47 bits per heavy atom. The van der Waals surface area contributed by atoms with Crippen molar-refractivity contribution in [1.29, 1.82) is 0 Å². The highest BCUT2D eigenvalue weighted by Gasteiger charge is 2.35. The molecule has 2 fully saturated rings. The normalized spacial score (nSPS) is 32.2. The summed E-state index contributed by atoms with van der Waals surface area (Å²) in [5.41, 5.74) is 0. The van der Waals surface area contributed by atoms with Crippen LogP contribution >= 0.6 is 0 Å². The van der Waals surface area contributed by atoms with E-state index in [1.807, 2.05) is 0 Å². The molecule has 3 unspecified atom stereocenters. The molecule has 0 radical (unpaired) electrons. The van der Waals surface area contributed by atoms with Gasteiger partial charge in [0.25, 0.3) is 0 Å². The molecule has 2 rings (SSSR count). The fourth-order valence-electron chi connectivity index (χ4n) is 3.78. The van der Waals surface area contributed by atoms with E-state index < -0.39 is 0 Å². The third-order valence-corrected chi connectivity index (χ3v) is 5.26. The highest BCUT2D eigenvalue weighted by molar-refractivity contribution is 4.91. The largest absolute Gasteiger partial charge is 0.395 e. The molecule has 0 aromatic rings. The summed E-state index contributed by atoms with van der Waals surface area (Å²) in [6.07, 6.45) is 6.73. The lowest BCUT2D eigenvalue weighted by Gasteiger charge is -2.40. The number of nitrogens with one attached hydrogen (secondary N) is 1. The molecular formula is C16H32N2O. The zero-order valence-electron chi connectivity index (χ0n) is 12.9. The molecule has 2 N–H and O–H groups in total. The molecule has 0 aliphatic heterocycles. The van der Waals surface area contributed by atoms with Gasteiger partial charge in [0.2, 0.25) is 0 Å². The maximum absolute atomic E-state index is 9.25. The Kier molecular flexibility index (Phi) is 5.67. The highest BCUT2D eigenvalue weighted by Crippen LogP contribution is 2.36. The van der Waals surface area contributed by atoms with Crippen molar-refractivity contribution in [2.45, 2.75) is 58.0 Å². The fraction of sp³-hybridized carbons (Fsp3) is 1.00. The lowest BCUT2D eigenvalue weighted by Crippen LogP contribution is -2.46. The molecule has 2 aliphatic rings. The molecule has 0 amide bonds. The van der Waals surface area contributed by atoms with Crippen LogP contribution in [-0.2, 0) is 0 Å². The minimum absolute atomic E-state index is 0.307. The molecule has 3 heteroatoms. The van der Waals surface area contributed by atoms with Crippen LogP contribution in [0.1, 0.15) is 46.0 Å². The van der Waals surface area contributed by atoms with Crippen LogP contribution in [-0.4, -0.2) is 48.8 Å². The molecule has 3 atom stereocenters. The van der Waals surface area contributed by atoms with Crippen LogP contribution in [0.4, 0.5) is 0 Å². The van der Waals surface area contributed by atoms with E-state index in [0.29, 0.717) is 12.6 Å². The number of rotatable bonds is 7. The second-order valence-corrected chi connectivity index (χ2v) is 6.92. The van der Waals surface area contributed by atoms with Gasteiger partial charge in [-0.3, -0.25) is 4.90 Å². The first-order valence-corrected chi connectivity index (χ1v) is 8.17. The molecule has 112 valence electrons. The SMILES string of the molecule is CNC1CCC(C(C)C)CC1CN(CCO)C1CC1. The third-order valence-electron chi connectivity index (χ3n) is 5.26. The monoisotopic (exact) mass is 268 g/mol. The van der Waals surface area contributed by atoms with Crippen molar-refractivity contribution in [3.8, 4) is 0 Å². The zero-order chi connectivity index (χ0) is 13.8. The molecule has 0 heterocycles. The minimum atomic E-state index is 0.307. The van der Waals surface area contributed by atoms with Gasteiger partial charge in [-0.1, -0.05) is 13.8 Å². The van der Waals surface area contributed by atoms with Crippen LogP contribution < -0.4 is 5.32 Å². The van der Waals surface area contributed by atoms with Gasteiger partial charge < -0.3 is 10.4 Å². The molecule has 0 aromatic carbocycles. The predicted molar refractivity (Wildman–Crippen MR) is 80.2 cm³/mol. The fourth-order valence-corrected chi connectivity index (χ4v) is 3.78. The van der Waals surface area contributed by atoms with Crippen molar-refractivity contribution >= 4 is 0 Å². The lowest BCUT2D eigenvalue weighted by atomic mass is 9.73. The molecule has 0 saturated heterocycles. The standard InChI is InChI=1S/C16H32N2O/c1-12(2)13-4-7-16(17-3)14(10-13)11-18(8-9-19)15-5-6-15/h12-17,19H,4-11H2,1-3H3. The summed E-state index contributed by atoms with van der Waals surface area (Å²) in [5, 5.41) is 12.8. The second-order valence-electron chi connectivity index (χ2n) is 6.92. The summed E-state index contributed by atoms with van der Waals surface area (Å²) in [6.45, 7) is 7.09. The Morgan fingerprint density at radius 1 is 1.21 bits per heavy atom. The van der Waals surface area contributed by atoms with Crippen molar-refractivity contribution in [3.05, 3.63) is 0 Å². The average molecular weight is 268 g/mol. The summed E-state index contributed by atoms with van der Waals surface area (Å²) in [5.74, 6) is 2.47. The Morgan fingerprint density at radius 2 is 1.95 bits per heavy atom. The molecule has 19 heavy (non-hydrogen) atoms. The van der Waals surface area contributed by atoms with Crippen LogP contribution in [0.25, 0.3) is 0 Å². The van der Waals surface area contributed by atoms with E-state index in [-0.39, 0.29) is 0 Å². The topological polar surface area (TPSA) is 35.5 Å². The van der Waals surface area contributed by atoms with Crippen molar-refractivity contribution in [2.75, 3.05) is 26.7 Å².